The van der Waals surface area contributed by atoms with Gasteiger partial charge in [0.05, 0.1) is 5.92 Å². The van der Waals surface area contributed by atoms with Crippen LogP contribution in [-0.2, 0) is 14.9 Å². The Morgan fingerprint density at radius 2 is 1.66 bits per heavy atom. The van der Waals surface area contributed by atoms with Gasteiger partial charge in [-0.15, -0.1) is 0 Å². The van der Waals surface area contributed by atoms with E-state index in [2.05, 4.69) is 9.50 Å². The van der Waals surface area contributed by atoms with Crippen LogP contribution in [0.15, 0.2) is 42.5 Å². The lowest BCUT2D eigenvalue weighted by molar-refractivity contribution is -0.122. The molecular weight excluding hydrogens is 451 g/mol. The van der Waals surface area contributed by atoms with E-state index < -0.39 is 39.3 Å². The van der Waals surface area contributed by atoms with E-state index >= 15 is 0 Å². The predicted molar refractivity (Wildman–Crippen MR) is 111 cm³/mol. The second-order valence-electron chi connectivity index (χ2n) is 7.23. The Morgan fingerprint density at radius 3 is 2.22 bits per heavy atom. The molecular formula is C21H24F3NO6S. The number of hydrogen-bond acceptors (Lipinski definition) is 6. The van der Waals surface area contributed by atoms with Crippen molar-refractivity contribution in [3.05, 3.63) is 59.2 Å². The van der Waals surface area contributed by atoms with E-state index in [1.165, 1.54) is 12.1 Å². The van der Waals surface area contributed by atoms with Gasteiger partial charge in [-0.25, -0.2) is 0 Å². The highest BCUT2D eigenvalue weighted by molar-refractivity contribution is 7.88. The number of ether oxygens (including phenoxy) is 1. The van der Waals surface area contributed by atoms with Gasteiger partial charge in [0.2, 0.25) is 5.91 Å². The molecule has 0 aliphatic rings. The Labute approximate surface area is 184 Å². The summed E-state index contributed by atoms with van der Waals surface area (Å²) in [6, 6.07) is 10.1. The molecule has 0 aromatic heterocycles. The lowest BCUT2D eigenvalue weighted by Gasteiger charge is -2.17. The second-order valence-corrected chi connectivity index (χ2v) is 8.77. The first-order valence-corrected chi connectivity index (χ1v) is 11.0. The largest absolute Gasteiger partial charge is 0.534 e. The van der Waals surface area contributed by atoms with Crippen LogP contribution in [0, 0.1) is 13.8 Å². The molecule has 176 valence electrons. The highest BCUT2D eigenvalue weighted by Gasteiger charge is 2.48. The number of amides is 1. The summed E-state index contributed by atoms with van der Waals surface area (Å²) in [5.41, 5.74) is -2.96. The summed E-state index contributed by atoms with van der Waals surface area (Å²) in [7, 11) is -5.77. The van der Waals surface area contributed by atoms with Crippen LogP contribution in [0.4, 0.5) is 13.2 Å². The van der Waals surface area contributed by atoms with Crippen molar-refractivity contribution in [2.24, 2.45) is 0 Å². The molecule has 0 aliphatic heterocycles. The van der Waals surface area contributed by atoms with Crippen LogP contribution in [0.25, 0.3) is 0 Å². The van der Waals surface area contributed by atoms with E-state index in [1.807, 2.05) is 26.0 Å². The summed E-state index contributed by atoms with van der Waals surface area (Å²) in [6.07, 6.45) is -0.962. The normalized spacial score (nSPS) is 13.8. The topological polar surface area (TPSA) is 102 Å². The minimum Gasteiger partial charge on any atom is -0.491 e. The molecule has 0 heterocycles. The van der Waals surface area contributed by atoms with Gasteiger partial charge in [0.15, 0.2) is 0 Å². The number of rotatable bonds is 9. The molecule has 11 heteroatoms. The highest BCUT2D eigenvalue weighted by atomic mass is 32.2. The van der Waals surface area contributed by atoms with E-state index in [0.29, 0.717) is 11.3 Å². The summed E-state index contributed by atoms with van der Waals surface area (Å²) in [6.45, 7) is 5.36. The Balaban J connectivity index is 1.85. The van der Waals surface area contributed by atoms with E-state index in [4.69, 9.17) is 4.74 Å². The van der Waals surface area contributed by atoms with Crippen LogP contribution in [0.1, 0.15) is 29.5 Å². The number of nitrogens with one attached hydrogen (secondary N) is 1. The smallest absolute Gasteiger partial charge is 0.491 e. The maximum atomic E-state index is 12.4. The van der Waals surface area contributed by atoms with Crippen molar-refractivity contribution in [2.75, 3.05) is 13.2 Å². The van der Waals surface area contributed by atoms with Gasteiger partial charge < -0.3 is 19.3 Å². The molecule has 0 spiro atoms. The summed E-state index contributed by atoms with van der Waals surface area (Å²) < 4.78 is 68.7. The molecule has 0 saturated heterocycles. The third-order valence-corrected chi connectivity index (χ3v) is 5.67. The van der Waals surface area contributed by atoms with Gasteiger partial charge >= 0.3 is 15.6 Å². The van der Waals surface area contributed by atoms with E-state index in [9.17, 15) is 31.5 Å². The van der Waals surface area contributed by atoms with Crippen LogP contribution in [0.2, 0.25) is 0 Å². The zero-order valence-electron chi connectivity index (χ0n) is 17.6. The Kier molecular flexibility index (Phi) is 8.13. The average Bonchev–Trinajstić information content (AvgIpc) is 2.71. The van der Waals surface area contributed by atoms with E-state index in [1.54, 1.807) is 13.0 Å². The number of hydrogen-bond donors (Lipinski definition) is 2. The first-order chi connectivity index (χ1) is 14.8. The zero-order chi connectivity index (χ0) is 24.1. The summed E-state index contributed by atoms with van der Waals surface area (Å²) in [5, 5.41) is 12.6. The van der Waals surface area contributed by atoms with Crippen molar-refractivity contribution in [2.45, 2.75) is 38.3 Å². The molecule has 0 saturated carbocycles. The Hall–Kier alpha value is -2.79. The minimum absolute atomic E-state index is 0.0309. The lowest BCUT2D eigenvalue weighted by atomic mass is 10.0. The van der Waals surface area contributed by atoms with Gasteiger partial charge in [-0.1, -0.05) is 18.2 Å². The van der Waals surface area contributed by atoms with Gasteiger partial charge in [0.25, 0.3) is 0 Å². The Bertz CT molecular complexity index is 1040. The standard InChI is InChI=1S/C21H24F3NO6S/c1-13-4-7-19(10-14(13)2)30-12-17(26)11-25-20(27)15(3)16-5-8-18(9-6-16)31-32(28,29)21(22,23)24/h4-10,15,17,26H,11-12H2,1-3H3,(H,25,27). The van der Waals surface area contributed by atoms with Crippen LogP contribution in [-0.4, -0.2) is 44.2 Å². The van der Waals surface area contributed by atoms with Gasteiger partial charge in [-0.2, -0.15) is 21.6 Å². The summed E-state index contributed by atoms with van der Waals surface area (Å²) >= 11 is 0. The number of halogens is 3. The molecule has 2 N–H and O–H groups in total. The fourth-order valence-electron chi connectivity index (χ4n) is 2.56. The van der Waals surface area contributed by atoms with Crippen LogP contribution in [0.5, 0.6) is 11.5 Å². The van der Waals surface area contributed by atoms with Gasteiger partial charge in [0.1, 0.15) is 24.2 Å². The number of carbonyl (C=O) groups excluding carboxylic acids is 1. The highest BCUT2D eigenvalue weighted by Crippen LogP contribution is 2.28. The maximum Gasteiger partial charge on any atom is 0.534 e. The van der Waals surface area contributed by atoms with Crippen molar-refractivity contribution in [3.63, 3.8) is 0 Å². The lowest BCUT2D eigenvalue weighted by Crippen LogP contribution is -2.37. The van der Waals surface area contributed by atoms with Crippen molar-refractivity contribution in [1.82, 2.24) is 5.32 Å². The van der Waals surface area contributed by atoms with Crippen LogP contribution < -0.4 is 14.2 Å². The second kappa shape index (κ2) is 10.2. The molecule has 2 unspecified atom stereocenters. The molecule has 0 aliphatic carbocycles. The summed E-state index contributed by atoms with van der Waals surface area (Å²) in [4.78, 5) is 12.3. The number of aliphatic hydroxyl groups is 1. The van der Waals surface area contributed by atoms with Crippen molar-refractivity contribution in [1.29, 1.82) is 0 Å². The quantitative estimate of drug-likeness (QED) is 0.427. The molecule has 32 heavy (non-hydrogen) atoms. The van der Waals surface area contributed by atoms with Gasteiger partial charge in [0, 0.05) is 6.54 Å². The van der Waals surface area contributed by atoms with E-state index in [-0.39, 0.29) is 13.2 Å². The first kappa shape index (κ1) is 25.5. The third-order valence-electron chi connectivity index (χ3n) is 4.70. The molecule has 0 bridgehead atoms. The van der Waals surface area contributed by atoms with Crippen molar-refractivity contribution < 1.29 is 40.4 Å². The number of aryl methyl sites for hydroxylation is 2. The molecule has 2 atom stereocenters. The first-order valence-electron chi connectivity index (χ1n) is 9.56. The number of aliphatic hydroxyl groups excluding tert-OH is 1. The maximum absolute atomic E-state index is 12.4. The Morgan fingerprint density at radius 1 is 1.06 bits per heavy atom. The van der Waals surface area contributed by atoms with Crippen molar-refractivity contribution >= 4 is 16.0 Å². The number of benzene rings is 2. The molecule has 2 aromatic rings. The van der Waals surface area contributed by atoms with Crippen LogP contribution >= 0.6 is 0 Å². The minimum atomic E-state index is -5.77. The number of carbonyl (C=O) groups is 1. The molecule has 7 nitrogen and oxygen atoms in total. The third kappa shape index (κ3) is 6.86. The molecule has 0 fully saturated rings. The van der Waals surface area contributed by atoms with Crippen molar-refractivity contribution in [3.8, 4) is 11.5 Å². The fourth-order valence-corrected chi connectivity index (χ4v) is 3.02. The predicted octanol–water partition coefficient (Wildman–Crippen LogP) is 3.19. The van der Waals surface area contributed by atoms with Gasteiger partial charge in [-0.05, 0) is 61.7 Å². The fraction of sp³-hybridized carbons (Fsp3) is 0.381. The monoisotopic (exact) mass is 475 g/mol. The zero-order valence-corrected chi connectivity index (χ0v) is 18.5. The average molecular weight is 475 g/mol. The molecule has 1 amide bonds. The molecule has 2 rings (SSSR count). The molecule has 2 aromatic carbocycles. The molecule has 0 radical (unpaired) electrons. The van der Waals surface area contributed by atoms with Gasteiger partial charge in [-0.3, -0.25) is 4.79 Å². The van der Waals surface area contributed by atoms with E-state index in [0.717, 1.165) is 23.3 Å². The van der Waals surface area contributed by atoms with Crippen LogP contribution in [0.3, 0.4) is 0 Å². The summed E-state index contributed by atoms with van der Waals surface area (Å²) in [5.74, 6) is -1.08. The SMILES string of the molecule is Cc1ccc(OCC(O)CNC(=O)C(C)c2ccc(OS(=O)(=O)C(F)(F)F)cc2)cc1C. The number of alkyl halides is 3.